The molecule has 3 aromatic carbocycles. The topological polar surface area (TPSA) is 104 Å². The number of para-hydroxylation sites is 1. The van der Waals surface area contributed by atoms with Crippen molar-refractivity contribution in [3.8, 4) is 11.3 Å². The fourth-order valence-corrected chi connectivity index (χ4v) is 3.65. The van der Waals surface area contributed by atoms with Crippen molar-refractivity contribution in [2.75, 3.05) is 5.32 Å². The molecule has 0 spiro atoms. The predicted octanol–water partition coefficient (Wildman–Crippen LogP) is 4.03. The molecule has 5 rings (SSSR count). The van der Waals surface area contributed by atoms with Crippen molar-refractivity contribution in [3.05, 3.63) is 88.3 Å². The third kappa shape index (κ3) is 2.93. The highest BCUT2D eigenvalue weighted by Crippen LogP contribution is 2.29. The SMILES string of the molecule is Cc1cc(NC(=O)c2n[nH]c3ccccc23)ccc1-c1n[nH]c(=O)c2ccccc12. The second-order valence-corrected chi connectivity index (χ2v) is 7.05. The molecule has 0 fully saturated rings. The minimum absolute atomic E-state index is 0.220. The molecule has 30 heavy (non-hydrogen) atoms. The van der Waals surface area contributed by atoms with Crippen molar-refractivity contribution in [1.82, 2.24) is 20.4 Å². The van der Waals surface area contributed by atoms with Crippen molar-refractivity contribution in [2.24, 2.45) is 0 Å². The molecule has 7 nitrogen and oxygen atoms in total. The van der Waals surface area contributed by atoms with Crippen molar-refractivity contribution in [1.29, 1.82) is 0 Å². The first kappa shape index (κ1) is 17.8. The first-order chi connectivity index (χ1) is 14.6. The summed E-state index contributed by atoms with van der Waals surface area (Å²) in [4.78, 5) is 24.8. The monoisotopic (exact) mass is 395 g/mol. The van der Waals surface area contributed by atoms with Crippen LogP contribution in [0.25, 0.3) is 32.9 Å². The lowest BCUT2D eigenvalue weighted by Gasteiger charge is -2.11. The summed E-state index contributed by atoms with van der Waals surface area (Å²) >= 11 is 0. The van der Waals surface area contributed by atoms with Crippen LogP contribution >= 0.6 is 0 Å². The Labute approximate surface area is 170 Å². The number of hydrogen-bond donors (Lipinski definition) is 3. The highest BCUT2D eigenvalue weighted by atomic mass is 16.2. The van der Waals surface area contributed by atoms with Crippen LogP contribution in [-0.2, 0) is 0 Å². The number of carbonyl (C=O) groups excluding carboxylic acids is 1. The summed E-state index contributed by atoms with van der Waals surface area (Å²) in [7, 11) is 0. The Bertz CT molecular complexity index is 1480. The summed E-state index contributed by atoms with van der Waals surface area (Å²) in [6, 6.07) is 20.4. The first-order valence-corrected chi connectivity index (χ1v) is 9.45. The summed E-state index contributed by atoms with van der Waals surface area (Å²) in [6.07, 6.45) is 0. The Kier molecular flexibility index (Phi) is 4.14. The fourth-order valence-electron chi connectivity index (χ4n) is 3.65. The van der Waals surface area contributed by atoms with Gasteiger partial charge in [-0.1, -0.05) is 42.5 Å². The summed E-state index contributed by atoms with van der Waals surface area (Å²) in [6.45, 7) is 1.94. The van der Waals surface area contributed by atoms with Crippen LogP contribution in [-0.4, -0.2) is 26.3 Å². The Morgan fingerprint density at radius 3 is 2.40 bits per heavy atom. The maximum Gasteiger partial charge on any atom is 0.276 e. The molecule has 0 aliphatic heterocycles. The molecule has 0 bridgehead atoms. The molecule has 1 amide bonds. The zero-order valence-corrected chi connectivity index (χ0v) is 16.1. The second-order valence-electron chi connectivity index (χ2n) is 7.05. The highest BCUT2D eigenvalue weighted by molar-refractivity contribution is 6.11. The zero-order valence-electron chi connectivity index (χ0n) is 16.1. The van der Waals surface area contributed by atoms with E-state index in [-0.39, 0.29) is 11.5 Å². The van der Waals surface area contributed by atoms with E-state index >= 15 is 0 Å². The highest BCUT2D eigenvalue weighted by Gasteiger charge is 2.15. The summed E-state index contributed by atoms with van der Waals surface area (Å²) < 4.78 is 0. The summed E-state index contributed by atoms with van der Waals surface area (Å²) in [5.74, 6) is -0.285. The third-order valence-electron chi connectivity index (χ3n) is 5.12. The molecular weight excluding hydrogens is 378 g/mol. The van der Waals surface area contributed by atoms with E-state index in [1.54, 1.807) is 6.07 Å². The number of hydrogen-bond acceptors (Lipinski definition) is 4. The predicted molar refractivity (Wildman–Crippen MR) is 117 cm³/mol. The van der Waals surface area contributed by atoms with Crippen LogP contribution in [0.5, 0.6) is 0 Å². The quantitative estimate of drug-likeness (QED) is 0.429. The van der Waals surface area contributed by atoms with Crippen LogP contribution in [0.15, 0.2) is 71.5 Å². The molecule has 0 aliphatic rings. The van der Waals surface area contributed by atoms with Gasteiger partial charge in [-0.3, -0.25) is 14.7 Å². The Hall–Kier alpha value is -4.26. The number of nitrogens with zero attached hydrogens (tertiary/aromatic N) is 2. The number of benzene rings is 3. The van der Waals surface area contributed by atoms with E-state index in [1.807, 2.05) is 67.6 Å². The van der Waals surface area contributed by atoms with Gasteiger partial charge in [0.1, 0.15) is 0 Å². The number of anilines is 1. The smallest absolute Gasteiger partial charge is 0.276 e. The van der Waals surface area contributed by atoms with Gasteiger partial charge in [-0.2, -0.15) is 10.2 Å². The average molecular weight is 395 g/mol. The van der Waals surface area contributed by atoms with Crippen LogP contribution in [0, 0.1) is 6.92 Å². The molecule has 0 unspecified atom stereocenters. The Balaban J connectivity index is 1.49. The van der Waals surface area contributed by atoms with Gasteiger partial charge in [-0.05, 0) is 36.8 Å². The van der Waals surface area contributed by atoms with Gasteiger partial charge < -0.3 is 5.32 Å². The van der Waals surface area contributed by atoms with E-state index in [0.717, 1.165) is 27.4 Å². The van der Waals surface area contributed by atoms with Crippen molar-refractivity contribution < 1.29 is 4.79 Å². The van der Waals surface area contributed by atoms with Crippen molar-refractivity contribution in [3.63, 3.8) is 0 Å². The van der Waals surface area contributed by atoms with Gasteiger partial charge in [0.25, 0.3) is 11.5 Å². The first-order valence-electron chi connectivity index (χ1n) is 9.45. The van der Waals surface area contributed by atoms with Gasteiger partial charge in [-0.25, -0.2) is 5.10 Å². The minimum Gasteiger partial charge on any atom is -0.321 e. The maximum atomic E-state index is 12.7. The Morgan fingerprint density at radius 2 is 1.60 bits per heavy atom. The number of carbonyl (C=O) groups is 1. The maximum absolute atomic E-state index is 12.7. The molecule has 2 heterocycles. The summed E-state index contributed by atoms with van der Waals surface area (Å²) in [5, 5.41) is 18.9. The number of aryl methyl sites for hydroxylation is 1. The standard InChI is InChI=1S/C23H17N5O2/c1-13-12-14(24-23(30)21-18-8-4-5-9-19(18)25-27-21)10-11-15(13)20-16-6-2-3-7-17(16)22(29)28-26-20/h2-12H,1H3,(H,24,30)(H,25,27)(H,28,29). The van der Waals surface area contributed by atoms with E-state index in [2.05, 4.69) is 25.7 Å². The molecular formula is C23H17N5O2. The fraction of sp³-hybridized carbons (Fsp3) is 0.0435. The van der Waals surface area contributed by atoms with Gasteiger partial charge in [-0.15, -0.1) is 0 Å². The molecule has 0 saturated heterocycles. The third-order valence-corrected chi connectivity index (χ3v) is 5.12. The van der Waals surface area contributed by atoms with E-state index in [0.29, 0.717) is 22.5 Å². The van der Waals surface area contributed by atoms with Crippen molar-refractivity contribution >= 4 is 33.3 Å². The number of nitrogens with one attached hydrogen (secondary N) is 3. The Morgan fingerprint density at radius 1 is 0.867 bits per heavy atom. The van der Waals surface area contributed by atoms with E-state index in [1.165, 1.54) is 0 Å². The molecule has 0 aliphatic carbocycles. The molecule has 0 radical (unpaired) electrons. The van der Waals surface area contributed by atoms with Crippen LogP contribution in [0.4, 0.5) is 5.69 Å². The van der Waals surface area contributed by atoms with Crippen LogP contribution in [0.1, 0.15) is 16.1 Å². The number of amides is 1. The molecule has 0 saturated carbocycles. The van der Waals surface area contributed by atoms with Gasteiger partial charge >= 0.3 is 0 Å². The second kappa shape index (κ2) is 6.97. The van der Waals surface area contributed by atoms with E-state index in [4.69, 9.17) is 0 Å². The number of aromatic amines is 2. The minimum atomic E-state index is -0.285. The van der Waals surface area contributed by atoms with Gasteiger partial charge in [0, 0.05) is 22.0 Å². The van der Waals surface area contributed by atoms with Crippen LogP contribution in [0.3, 0.4) is 0 Å². The van der Waals surface area contributed by atoms with Crippen LogP contribution in [0.2, 0.25) is 0 Å². The molecule has 5 aromatic rings. The lowest BCUT2D eigenvalue weighted by molar-refractivity contribution is 0.102. The normalized spacial score (nSPS) is 11.1. The number of H-pyrrole nitrogens is 2. The lowest BCUT2D eigenvalue weighted by atomic mass is 10.0. The molecule has 3 N–H and O–H groups in total. The number of fused-ring (bicyclic) bond motifs is 2. The van der Waals surface area contributed by atoms with Crippen LogP contribution < -0.4 is 10.9 Å². The molecule has 0 atom stereocenters. The number of rotatable bonds is 3. The van der Waals surface area contributed by atoms with E-state index in [9.17, 15) is 9.59 Å². The van der Waals surface area contributed by atoms with Gasteiger partial charge in [0.05, 0.1) is 16.6 Å². The average Bonchev–Trinajstić information content (AvgIpc) is 3.19. The zero-order chi connectivity index (χ0) is 20.7. The van der Waals surface area contributed by atoms with Gasteiger partial charge in [0.15, 0.2) is 5.69 Å². The largest absolute Gasteiger partial charge is 0.321 e. The van der Waals surface area contributed by atoms with Gasteiger partial charge in [0.2, 0.25) is 0 Å². The number of aromatic nitrogens is 4. The molecule has 2 aromatic heterocycles. The molecule has 146 valence electrons. The lowest BCUT2D eigenvalue weighted by Crippen LogP contribution is -2.13. The molecule has 7 heteroatoms. The van der Waals surface area contributed by atoms with Crippen molar-refractivity contribution in [2.45, 2.75) is 6.92 Å². The summed E-state index contributed by atoms with van der Waals surface area (Å²) in [5.41, 5.74) is 4.09. The van der Waals surface area contributed by atoms with E-state index < -0.39 is 0 Å².